The maximum atomic E-state index is 14.4. The summed E-state index contributed by atoms with van der Waals surface area (Å²) in [6.07, 6.45) is 2.62. The number of piperidine rings is 1. The summed E-state index contributed by atoms with van der Waals surface area (Å²) in [5.74, 6) is -3.47. The Balaban J connectivity index is 1.95. The molecule has 1 unspecified atom stereocenters. The van der Waals surface area contributed by atoms with Crippen LogP contribution in [0.2, 0.25) is 0 Å². The zero-order valence-corrected chi connectivity index (χ0v) is 9.83. The van der Waals surface area contributed by atoms with Gasteiger partial charge in [-0.3, -0.25) is 0 Å². The van der Waals surface area contributed by atoms with Crippen molar-refractivity contribution in [3.63, 3.8) is 0 Å². The number of benzene rings is 1. The molecule has 1 saturated heterocycles. The molecule has 0 aliphatic carbocycles. The van der Waals surface area contributed by atoms with Crippen molar-refractivity contribution in [2.24, 2.45) is 5.92 Å². The molecule has 1 N–H and O–H groups in total. The van der Waals surface area contributed by atoms with Gasteiger partial charge >= 0.3 is 0 Å². The number of nitrogens with zero attached hydrogens (tertiary/aromatic N) is 1. The third-order valence-corrected chi connectivity index (χ3v) is 3.53. The molecule has 3 rings (SSSR count). The summed E-state index contributed by atoms with van der Waals surface area (Å²) in [6, 6.07) is 4.43. The molecule has 1 aromatic carbocycles. The van der Waals surface area contributed by atoms with E-state index >= 15 is 0 Å². The average molecular weight is 252 g/mol. The summed E-state index contributed by atoms with van der Waals surface area (Å²) in [7, 11) is 0. The summed E-state index contributed by atoms with van der Waals surface area (Å²) in [4.78, 5) is 3.93. The van der Waals surface area contributed by atoms with Crippen LogP contribution < -0.4 is 5.32 Å². The van der Waals surface area contributed by atoms with E-state index in [0.717, 1.165) is 13.0 Å². The zero-order chi connectivity index (χ0) is 12.6. The van der Waals surface area contributed by atoms with E-state index in [9.17, 15) is 8.78 Å². The van der Waals surface area contributed by atoms with Gasteiger partial charge < -0.3 is 9.73 Å². The number of hydrogen-bond acceptors (Lipinski definition) is 3. The van der Waals surface area contributed by atoms with Crippen molar-refractivity contribution in [1.82, 2.24) is 10.3 Å². The smallest absolute Gasteiger partial charge is 0.277 e. The van der Waals surface area contributed by atoms with Crippen LogP contribution in [0.15, 0.2) is 29.0 Å². The van der Waals surface area contributed by atoms with E-state index in [1.807, 2.05) is 0 Å². The highest BCUT2D eigenvalue weighted by atomic mass is 19.3. The fourth-order valence-electron chi connectivity index (χ4n) is 2.46. The second-order valence-electron chi connectivity index (χ2n) is 4.70. The first-order valence-corrected chi connectivity index (χ1v) is 6.10. The second-order valence-corrected chi connectivity index (χ2v) is 4.70. The Hall–Kier alpha value is -1.49. The molecule has 1 atom stereocenters. The second kappa shape index (κ2) is 4.31. The molecule has 3 nitrogen and oxygen atoms in total. The van der Waals surface area contributed by atoms with Gasteiger partial charge in [-0.2, -0.15) is 0 Å². The molecule has 1 fully saturated rings. The summed E-state index contributed by atoms with van der Waals surface area (Å²) in [6.45, 7) is 1.19. The minimum absolute atomic E-state index is 0.0143. The van der Waals surface area contributed by atoms with Crippen LogP contribution in [0.1, 0.15) is 18.4 Å². The standard InChI is InChI=1S/C13H14F2N2O/c14-13(15,10-2-1-5-16-7-10)9-3-4-11-12(6-9)18-8-17-11/h3-4,6,8,10,16H,1-2,5,7H2. The lowest BCUT2D eigenvalue weighted by molar-refractivity contribution is -0.0724. The van der Waals surface area contributed by atoms with Crippen molar-refractivity contribution in [2.45, 2.75) is 18.8 Å². The Morgan fingerprint density at radius 1 is 1.39 bits per heavy atom. The first kappa shape index (κ1) is 11.6. The Morgan fingerprint density at radius 2 is 2.28 bits per heavy atom. The van der Waals surface area contributed by atoms with E-state index in [-0.39, 0.29) is 5.56 Å². The van der Waals surface area contributed by atoms with E-state index in [1.165, 1.54) is 18.5 Å². The molecule has 0 saturated carbocycles. The van der Waals surface area contributed by atoms with Gasteiger partial charge in [0.25, 0.3) is 5.92 Å². The van der Waals surface area contributed by atoms with E-state index in [4.69, 9.17) is 4.42 Å². The third-order valence-electron chi connectivity index (χ3n) is 3.53. The number of halogens is 2. The lowest BCUT2D eigenvalue weighted by atomic mass is 9.88. The van der Waals surface area contributed by atoms with Gasteiger partial charge in [-0.15, -0.1) is 0 Å². The van der Waals surface area contributed by atoms with Crippen LogP contribution in [0.5, 0.6) is 0 Å². The summed E-state index contributed by atoms with van der Waals surface area (Å²) in [5, 5.41) is 3.03. The Labute approximate surface area is 103 Å². The highest BCUT2D eigenvalue weighted by Gasteiger charge is 2.41. The summed E-state index contributed by atoms with van der Waals surface area (Å²) >= 11 is 0. The van der Waals surface area contributed by atoms with Crippen molar-refractivity contribution in [1.29, 1.82) is 0 Å². The highest BCUT2D eigenvalue weighted by molar-refractivity contribution is 5.73. The fraction of sp³-hybridized carbons (Fsp3) is 0.462. The molecule has 5 heteroatoms. The molecule has 1 aromatic heterocycles. The van der Waals surface area contributed by atoms with Gasteiger partial charge in [-0.05, 0) is 31.5 Å². The van der Waals surface area contributed by atoms with Crippen LogP contribution in [0.3, 0.4) is 0 Å². The molecule has 18 heavy (non-hydrogen) atoms. The number of alkyl halides is 2. The van der Waals surface area contributed by atoms with Gasteiger partial charge in [0.1, 0.15) is 5.52 Å². The zero-order valence-electron chi connectivity index (χ0n) is 9.83. The molecular formula is C13H14F2N2O. The van der Waals surface area contributed by atoms with Crippen molar-refractivity contribution in [3.05, 3.63) is 30.2 Å². The monoisotopic (exact) mass is 252 g/mol. The molecule has 96 valence electrons. The van der Waals surface area contributed by atoms with Crippen LogP contribution in [0.25, 0.3) is 11.1 Å². The van der Waals surface area contributed by atoms with Crippen LogP contribution in [0.4, 0.5) is 8.78 Å². The fourth-order valence-corrected chi connectivity index (χ4v) is 2.46. The maximum absolute atomic E-state index is 14.4. The van der Waals surface area contributed by atoms with Crippen LogP contribution in [-0.4, -0.2) is 18.1 Å². The first-order valence-electron chi connectivity index (χ1n) is 6.10. The molecule has 0 bridgehead atoms. The normalized spacial score (nSPS) is 21.3. The number of fused-ring (bicyclic) bond motifs is 1. The molecule has 0 amide bonds. The maximum Gasteiger partial charge on any atom is 0.277 e. The number of aromatic nitrogens is 1. The Morgan fingerprint density at radius 3 is 3.06 bits per heavy atom. The number of rotatable bonds is 2. The van der Waals surface area contributed by atoms with Gasteiger partial charge in [0, 0.05) is 18.0 Å². The minimum Gasteiger partial charge on any atom is -0.443 e. The predicted molar refractivity (Wildman–Crippen MR) is 63.5 cm³/mol. The number of oxazole rings is 1. The topological polar surface area (TPSA) is 38.1 Å². The van der Waals surface area contributed by atoms with E-state index < -0.39 is 11.8 Å². The highest BCUT2D eigenvalue weighted by Crippen LogP contribution is 2.39. The summed E-state index contributed by atoms with van der Waals surface area (Å²) in [5.41, 5.74) is 1.03. The Bertz CT molecular complexity index is 547. The van der Waals surface area contributed by atoms with E-state index in [2.05, 4.69) is 10.3 Å². The van der Waals surface area contributed by atoms with Crippen molar-refractivity contribution in [2.75, 3.05) is 13.1 Å². The molecule has 2 heterocycles. The molecule has 1 aliphatic rings. The van der Waals surface area contributed by atoms with Crippen molar-refractivity contribution < 1.29 is 13.2 Å². The molecule has 0 spiro atoms. The lowest BCUT2D eigenvalue weighted by Crippen LogP contribution is -2.39. The van der Waals surface area contributed by atoms with Gasteiger partial charge in [-0.25, -0.2) is 13.8 Å². The van der Waals surface area contributed by atoms with E-state index in [0.29, 0.717) is 24.1 Å². The quantitative estimate of drug-likeness (QED) is 0.893. The molecule has 2 aromatic rings. The minimum atomic E-state index is -2.82. The Kier molecular flexibility index (Phi) is 2.78. The summed E-state index contributed by atoms with van der Waals surface area (Å²) < 4.78 is 33.8. The van der Waals surface area contributed by atoms with Crippen LogP contribution in [-0.2, 0) is 5.92 Å². The van der Waals surface area contributed by atoms with Crippen LogP contribution in [0, 0.1) is 5.92 Å². The SMILES string of the molecule is FC(F)(c1ccc2ncoc2c1)C1CCCNC1. The van der Waals surface area contributed by atoms with Gasteiger partial charge in [0.05, 0.1) is 0 Å². The molecule has 0 radical (unpaired) electrons. The van der Waals surface area contributed by atoms with Crippen molar-refractivity contribution in [3.8, 4) is 0 Å². The molecule has 1 aliphatic heterocycles. The third kappa shape index (κ3) is 1.88. The van der Waals surface area contributed by atoms with E-state index in [1.54, 1.807) is 6.07 Å². The molecular weight excluding hydrogens is 238 g/mol. The predicted octanol–water partition coefficient (Wildman–Crippen LogP) is 2.92. The first-order chi connectivity index (χ1) is 8.68. The van der Waals surface area contributed by atoms with Gasteiger partial charge in [-0.1, -0.05) is 6.07 Å². The number of hydrogen-bond donors (Lipinski definition) is 1. The van der Waals surface area contributed by atoms with Gasteiger partial charge in [0.15, 0.2) is 12.0 Å². The van der Waals surface area contributed by atoms with Gasteiger partial charge in [0.2, 0.25) is 0 Å². The number of nitrogens with one attached hydrogen (secondary N) is 1. The lowest BCUT2D eigenvalue weighted by Gasteiger charge is -2.30. The largest absolute Gasteiger partial charge is 0.443 e. The van der Waals surface area contributed by atoms with Crippen LogP contribution >= 0.6 is 0 Å². The van der Waals surface area contributed by atoms with Crippen molar-refractivity contribution >= 4 is 11.1 Å². The average Bonchev–Trinajstić information content (AvgIpc) is 2.87.